The molecular formula is C10H20O2Si. The van der Waals surface area contributed by atoms with E-state index in [2.05, 4.69) is 26.2 Å². The zero-order chi connectivity index (χ0) is 10.6. The molecule has 0 saturated heterocycles. The van der Waals surface area contributed by atoms with Crippen LogP contribution in [0.3, 0.4) is 0 Å². The third kappa shape index (κ3) is 6.58. The van der Waals surface area contributed by atoms with Crippen molar-refractivity contribution in [3.05, 3.63) is 12.2 Å². The fourth-order valence-electron chi connectivity index (χ4n) is 1.16. The molecule has 0 saturated carbocycles. The van der Waals surface area contributed by atoms with Gasteiger partial charge in [0.25, 0.3) is 0 Å². The van der Waals surface area contributed by atoms with E-state index in [1.807, 2.05) is 6.92 Å². The second-order valence-corrected chi connectivity index (χ2v) is 10.1. The molecule has 0 aliphatic rings. The van der Waals surface area contributed by atoms with E-state index in [1.54, 1.807) is 0 Å². The second kappa shape index (κ2) is 4.60. The molecule has 0 fully saturated rings. The van der Waals surface area contributed by atoms with Gasteiger partial charge >= 0.3 is 5.97 Å². The number of hydrogen-bond acceptors (Lipinski definition) is 2. The summed E-state index contributed by atoms with van der Waals surface area (Å²) in [6, 6.07) is 1.02. The lowest BCUT2D eigenvalue weighted by atomic mass is 10.2. The van der Waals surface area contributed by atoms with Crippen molar-refractivity contribution in [1.29, 1.82) is 0 Å². The lowest BCUT2D eigenvalue weighted by molar-refractivity contribution is -0.143. The summed E-state index contributed by atoms with van der Waals surface area (Å²) in [6.45, 7) is 14.1. The van der Waals surface area contributed by atoms with Crippen LogP contribution in [0.25, 0.3) is 0 Å². The maximum absolute atomic E-state index is 10.7. The van der Waals surface area contributed by atoms with Gasteiger partial charge in [-0.25, -0.2) is 0 Å². The van der Waals surface area contributed by atoms with Crippen molar-refractivity contribution in [1.82, 2.24) is 0 Å². The van der Waals surface area contributed by atoms with Crippen LogP contribution in [0, 0.1) is 0 Å². The monoisotopic (exact) mass is 200 g/mol. The molecule has 2 nitrogen and oxygen atoms in total. The molecule has 0 aromatic heterocycles. The quantitative estimate of drug-likeness (QED) is 0.396. The van der Waals surface area contributed by atoms with Gasteiger partial charge in [-0.15, -0.1) is 0 Å². The molecule has 0 bridgehead atoms. The summed E-state index contributed by atoms with van der Waals surface area (Å²) < 4.78 is 5.04. The van der Waals surface area contributed by atoms with Gasteiger partial charge in [0.2, 0.25) is 0 Å². The van der Waals surface area contributed by atoms with Gasteiger partial charge in [0.1, 0.15) is 6.10 Å². The van der Waals surface area contributed by atoms with Crippen molar-refractivity contribution >= 4 is 14.0 Å². The van der Waals surface area contributed by atoms with Crippen LogP contribution in [-0.4, -0.2) is 20.1 Å². The number of carbonyl (C=O) groups excluding carboxylic acids is 1. The molecule has 0 spiro atoms. The molecule has 1 atom stereocenters. The molecule has 0 aliphatic carbocycles. The van der Waals surface area contributed by atoms with Crippen LogP contribution in [-0.2, 0) is 9.53 Å². The van der Waals surface area contributed by atoms with Crippen LogP contribution >= 0.6 is 0 Å². The largest absolute Gasteiger partial charge is 0.458 e. The smallest absolute Gasteiger partial charge is 0.303 e. The molecule has 0 N–H and O–H groups in total. The van der Waals surface area contributed by atoms with Gasteiger partial charge < -0.3 is 4.74 Å². The first kappa shape index (κ1) is 12.4. The van der Waals surface area contributed by atoms with Crippen molar-refractivity contribution < 1.29 is 9.53 Å². The summed E-state index contributed by atoms with van der Waals surface area (Å²) >= 11 is 0. The van der Waals surface area contributed by atoms with E-state index in [0.29, 0.717) is 0 Å². The normalized spacial score (nSPS) is 13.6. The fraction of sp³-hybridized carbons (Fsp3) is 0.700. The van der Waals surface area contributed by atoms with Crippen LogP contribution in [0.2, 0.25) is 25.7 Å². The first-order chi connectivity index (χ1) is 5.72. The molecule has 0 rings (SSSR count). The van der Waals surface area contributed by atoms with E-state index in [0.717, 1.165) is 11.6 Å². The van der Waals surface area contributed by atoms with Gasteiger partial charge in [0.15, 0.2) is 0 Å². The average molecular weight is 200 g/mol. The molecule has 0 aromatic rings. The number of rotatable bonds is 4. The summed E-state index contributed by atoms with van der Waals surface area (Å²) in [7, 11) is -1.12. The number of hydrogen-bond donors (Lipinski definition) is 0. The van der Waals surface area contributed by atoms with E-state index in [4.69, 9.17) is 4.74 Å². The Bertz CT molecular complexity index is 203. The maximum Gasteiger partial charge on any atom is 0.303 e. The standard InChI is InChI=1S/C10H20O2Si/c1-8(7-13(4,5)6)9(2)12-10(3)11/h9H,1,7H2,2-6H3. The minimum absolute atomic E-state index is 0.135. The molecule has 13 heavy (non-hydrogen) atoms. The Morgan fingerprint density at radius 2 is 1.92 bits per heavy atom. The summed E-state index contributed by atoms with van der Waals surface area (Å²) in [6.07, 6.45) is -0.135. The molecule has 0 aromatic carbocycles. The number of esters is 1. The summed E-state index contributed by atoms with van der Waals surface area (Å²) in [5.41, 5.74) is 1.04. The highest BCUT2D eigenvalue weighted by atomic mass is 28.3. The minimum Gasteiger partial charge on any atom is -0.458 e. The van der Waals surface area contributed by atoms with Gasteiger partial charge in [-0.3, -0.25) is 4.79 Å². The van der Waals surface area contributed by atoms with Crippen molar-refractivity contribution in [3.63, 3.8) is 0 Å². The molecule has 0 aliphatic heterocycles. The molecular weight excluding hydrogens is 180 g/mol. The molecule has 0 radical (unpaired) electrons. The SMILES string of the molecule is C=C(C[Si](C)(C)C)C(C)OC(C)=O. The maximum atomic E-state index is 10.7. The van der Waals surface area contributed by atoms with Crippen molar-refractivity contribution in [2.24, 2.45) is 0 Å². The highest BCUT2D eigenvalue weighted by molar-refractivity contribution is 6.76. The van der Waals surface area contributed by atoms with Gasteiger partial charge in [0, 0.05) is 15.0 Å². The van der Waals surface area contributed by atoms with E-state index >= 15 is 0 Å². The highest BCUT2D eigenvalue weighted by Gasteiger charge is 2.19. The van der Waals surface area contributed by atoms with E-state index in [-0.39, 0.29) is 12.1 Å². The molecule has 76 valence electrons. The predicted octanol–water partition coefficient (Wildman–Crippen LogP) is 2.83. The molecule has 1 unspecified atom stereocenters. The Labute approximate surface area is 82.0 Å². The van der Waals surface area contributed by atoms with Gasteiger partial charge in [-0.2, -0.15) is 0 Å². The van der Waals surface area contributed by atoms with Crippen molar-refractivity contribution in [2.45, 2.75) is 45.6 Å². The molecule has 0 amide bonds. The van der Waals surface area contributed by atoms with Gasteiger partial charge in [-0.1, -0.05) is 26.2 Å². The van der Waals surface area contributed by atoms with Gasteiger partial charge in [-0.05, 0) is 18.5 Å². The van der Waals surface area contributed by atoms with Gasteiger partial charge in [0.05, 0.1) is 0 Å². The van der Waals surface area contributed by atoms with E-state index in [9.17, 15) is 4.79 Å². The predicted molar refractivity (Wildman–Crippen MR) is 58.5 cm³/mol. The van der Waals surface area contributed by atoms with E-state index in [1.165, 1.54) is 6.92 Å². The Morgan fingerprint density at radius 1 is 1.46 bits per heavy atom. The first-order valence-corrected chi connectivity index (χ1v) is 8.28. The van der Waals surface area contributed by atoms with Crippen LogP contribution in [0.15, 0.2) is 12.2 Å². The number of carbonyl (C=O) groups is 1. The first-order valence-electron chi connectivity index (χ1n) is 4.57. The van der Waals surface area contributed by atoms with Crippen molar-refractivity contribution in [2.75, 3.05) is 0 Å². The Kier molecular flexibility index (Phi) is 4.40. The topological polar surface area (TPSA) is 26.3 Å². The summed E-state index contributed by atoms with van der Waals surface area (Å²) in [5, 5.41) is 0. The second-order valence-electron chi connectivity index (χ2n) is 4.65. The van der Waals surface area contributed by atoms with Crippen LogP contribution in [0.5, 0.6) is 0 Å². The van der Waals surface area contributed by atoms with Crippen LogP contribution in [0.1, 0.15) is 13.8 Å². The Hall–Kier alpha value is -0.573. The molecule has 3 heteroatoms. The third-order valence-corrected chi connectivity index (χ3v) is 3.19. The average Bonchev–Trinajstić information content (AvgIpc) is 1.81. The van der Waals surface area contributed by atoms with Crippen LogP contribution in [0.4, 0.5) is 0 Å². The Balaban J connectivity index is 4.05. The third-order valence-electron chi connectivity index (χ3n) is 1.68. The van der Waals surface area contributed by atoms with Crippen molar-refractivity contribution in [3.8, 4) is 0 Å². The number of ether oxygens (including phenoxy) is 1. The van der Waals surface area contributed by atoms with E-state index < -0.39 is 8.07 Å². The van der Waals surface area contributed by atoms with Crippen LogP contribution < -0.4 is 0 Å². The summed E-state index contributed by atoms with van der Waals surface area (Å²) in [5.74, 6) is -0.232. The Morgan fingerprint density at radius 3 is 2.23 bits per heavy atom. The zero-order valence-corrected chi connectivity index (χ0v) is 10.3. The highest BCUT2D eigenvalue weighted by Crippen LogP contribution is 2.19. The molecule has 0 heterocycles. The lowest BCUT2D eigenvalue weighted by Crippen LogP contribution is -2.24. The fourth-order valence-corrected chi connectivity index (χ4v) is 2.81. The lowest BCUT2D eigenvalue weighted by Gasteiger charge is -2.21. The summed E-state index contributed by atoms with van der Waals surface area (Å²) in [4.78, 5) is 10.7. The zero-order valence-electron chi connectivity index (χ0n) is 9.31. The minimum atomic E-state index is -1.12.